The second kappa shape index (κ2) is 5.93. The van der Waals surface area contributed by atoms with Gasteiger partial charge in [-0.3, -0.25) is 10.1 Å². The summed E-state index contributed by atoms with van der Waals surface area (Å²) >= 11 is 0. The zero-order chi connectivity index (χ0) is 15.6. The lowest BCUT2D eigenvalue weighted by Gasteiger charge is -2.31. The lowest BCUT2D eigenvalue weighted by atomic mass is 10.3. The normalized spacial score (nSPS) is 20.3. The first-order chi connectivity index (χ1) is 9.86. The minimum Gasteiger partial charge on any atom is -0.397 e. The highest BCUT2D eigenvalue weighted by molar-refractivity contribution is 7.89. The Kier molecular flexibility index (Phi) is 4.42. The third-order valence-corrected chi connectivity index (χ3v) is 5.07. The summed E-state index contributed by atoms with van der Waals surface area (Å²) in [6.45, 7) is 0.0175. The van der Waals surface area contributed by atoms with E-state index in [9.17, 15) is 18.5 Å². The van der Waals surface area contributed by atoms with Crippen LogP contribution in [0.5, 0.6) is 0 Å². The zero-order valence-corrected chi connectivity index (χ0v) is 11.8. The van der Waals surface area contributed by atoms with Crippen molar-refractivity contribution in [2.24, 2.45) is 0 Å². The Morgan fingerprint density at radius 3 is 2.81 bits per heavy atom. The molecule has 0 bridgehead atoms. The number of rotatable bonds is 4. The summed E-state index contributed by atoms with van der Waals surface area (Å²) in [6.07, 6.45) is -0.590. The van der Waals surface area contributed by atoms with Crippen LogP contribution in [-0.2, 0) is 14.8 Å². The molecule has 0 radical (unpaired) electrons. The molecule has 9 nitrogen and oxygen atoms in total. The number of nitrogen functional groups attached to an aromatic ring is 1. The van der Waals surface area contributed by atoms with Crippen molar-refractivity contribution in [1.82, 2.24) is 4.31 Å². The molecular weight excluding hydrogens is 302 g/mol. The quantitative estimate of drug-likeness (QED) is 0.436. The van der Waals surface area contributed by atoms with E-state index in [1.165, 1.54) is 0 Å². The maximum absolute atomic E-state index is 12.5. The highest BCUT2D eigenvalue weighted by atomic mass is 32.2. The molecule has 0 spiro atoms. The van der Waals surface area contributed by atoms with E-state index in [2.05, 4.69) is 0 Å². The van der Waals surface area contributed by atoms with E-state index >= 15 is 0 Å². The summed E-state index contributed by atoms with van der Waals surface area (Å²) in [6, 6.07) is 3.22. The third kappa shape index (κ3) is 3.13. The van der Waals surface area contributed by atoms with Crippen LogP contribution in [0.2, 0.25) is 0 Å². The van der Waals surface area contributed by atoms with Gasteiger partial charge in [-0.25, -0.2) is 8.42 Å². The highest BCUT2D eigenvalue weighted by Gasteiger charge is 2.32. The molecule has 1 fully saturated rings. The van der Waals surface area contributed by atoms with E-state index in [0.29, 0.717) is 0 Å². The molecule has 0 aliphatic carbocycles. The fourth-order valence-electron chi connectivity index (χ4n) is 2.04. The van der Waals surface area contributed by atoms with Gasteiger partial charge in [-0.05, 0) is 6.07 Å². The van der Waals surface area contributed by atoms with E-state index < -0.39 is 21.1 Å². The predicted octanol–water partition coefficient (Wildman–Crippen LogP) is -0.441. The van der Waals surface area contributed by atoms with Gasteiger partial charge in [0, 0.05) is 25.2 Å². The number of aliphatic hydroxyl groups excluding tert-OH is 1. The number of non-ortho nitro benzene ring substituents is 1. The maximum atomic E-state index is 12.5. The van der Waals surface area contributed by atoms with Gasteiger partial charge < -0.3 is 15.6 Å². The van der Waals surface area contributed by atoms with Gasteiger partial charge in [0.1, 0.15) is 4.90 Å². The van der Waals surface area contributed by atoms with Crippen molar-refractivity contribution < 1.29 is 23.2 Å². The molecule has 2 rings (SSSR count). The first-order valence-corrected chi connectivity index (χ1v) is 7.57. The standard InChI is InChI=1S/C11H15N3O6S/c12-10-5-8(14(16)17)1-2-11(10)21(18,19)13-3-4-20-9(6-13)7-15/h1-2,5,9,15H,3-4,6-7,12H2. The minimum atomic E-state index is -3.88. The number of hydrogen-bond acceptors (Lipinski definition) is 7. The molecule has 1 aliphatic heterocycles. The van der Waals surface area contributed by atoms with Gasteiger partial charge in [-0.15, -0.1) is 0 Å². The van der Waals surface area contributed by atoms with Crippen LogP contribution in [0.15, 0.2) is 23.1 Å². The molecule has 1 aliphatic rings. The van der Waals surface area contributed by atoms with E-state index in [0.717, 1.165) is 22.5 Å². The molecule has 10 heteroatoms. The molecule has 0 aromatic heterocycles. The Morgan fingerprint density at radius 1 is 1.52 bits per heavy atom. The number of nitrogens with zero attached hydrogens (tertiary/aromatic N) is 2. The van der Waals surface area contributed by atoms with Crippen LogP contribution in [-0.4, -0.2) is 55.2 Å². The fourth-order valence-corrected chi connectivity index (χ4v) is 3.60. The van der Waals surface area contributed by atoms with Gasteiger partial charge in [-0.2, -0.15) is 4.31 Å². The van der Waals surface area contributed by atoms with Crippen molar-refractivity contribution in [2.75, 3.05) is 32.0 Å². The number of morpholine rings is 1. The van der Waals surface area contributed by atoms with Crippen molar-refractivity contribution in [1.29, 1.82) is 0 Å². The number of sulfonamides is 1. The molecule has 1 saturated heterocycles. The molecule has 1 atom stereocenters. The van der Waals surface area contributed by atoms with Gasteiger partial charge in [0.25, 0.3) is 5.69 Å². The average Bonchev–Trinajstić information content (AvgIpc) is 2.46. The topological polar surface area (TPSA) is 136 Å². The molecule has 116 valence electrons. The number of nitrogens with two attached hydrogens (primary N) is 1. The monoisotopic (exact) mass is 317 g/mol. The lowest BCUT2D eigenvalue weighted by molar-refractivity contribution is -0.384. The number of nitro groups is 1. The van der Waals surface area contributed by atoms with Gasteiger partial charge in [-0.1, -0.05) is 0 Å². The molecule has 21 heavy (non-hydrogen) atoms. The van der Waals surface area contributed by atoms with Gasteiger partial charge in [0.05, 0.1) is 29.9 Å². The smallest absolute Gasteiger partial charge is 0.271 e. The molecule has 0 amide bonds. The Hall–Kier alpha value is -1.75. The van der Waals surface area contributed by atoms with Gasteiger partial charge in [0.15, 0.2) is 0 Å². The van der Waals surface area contributed by atoms with Gasteiger partial charge >= 0.3 is 0 Å². The van der Waals surface area contributed by atoms with E-state index in [-0.39, 0.29) is 42.6 Å². The van der Waals surface area contributed by atoms with Crippen LogP contribution in [0.1, 0.15) is 0 Å². The average molecular weight is 317 g/mol. The van der Waals surface area contributed by atoms with Crippen molar-refractivity contribution in [2.45, 2.75) is 11.0 Å². The summed E-state index contributed by atoms with van der Waals surface area (Å²) in [5.74, 6) is 0. The van der Waals surface area contributed by atoms with Crippen molar-refractivity contribution in [3.63, 3.8) is 0 Å². The molecule has 3 N–H and O–H groups in total. The van der Waals surface area contributed by atoms with Crippen molar-refractivity contribution in [3.8, 4) is 0 Å². The second-order valence-corrected chi connectivity index (χ2v) is 6.42. The SMILES string of the molecule is Nc1cc([N+](=O)[O-])ccc1S(=O)(=O)N1CCOC(CO)C1. The van der Waals surface area contributed by atoms with E-state index in [1.54, 1.807) is 0 Å². The fraction of sp³-hybridized carbons (Fsp3) is 0.455. The molecule has 1 heterocycles. The van der Waals surface area contributed by atoms with E-state index in [1.807, 2.05) is 0 Å². The lowest BCUT2D eigenvalue weighted by Crippen LogP contribution is -2.46. The summed E-state index contributed by atoms with van der Waals surface area (Å²) in [7, 11) is -3.88. The number of hydrogen-bond donors (Lipinski definition) is 2. The number of ether oxygens (including phenoxy) is 1. The molecule has 1 aromatic carbocycles. The molecule has 1 unspecified atom stereocenters. The first-order valence-electron chi connectivity index (χ1n) is 6.13. The van der Waals surface area contributed by atoms with Crippen LogP contribution in [0.4, 0.5) is 11.4 Å². The van der Waals surface area contributed by atoms with Crippen molar-refractivity contribution >= 4 is 21.4 Å². The Labute approximate surface area is 121 Å². The molecular formula is C11H15N3O6S. The molecule has 0 saturated carbocycles. The van der Waals surface area contributed by atoms with Crippen molar-refractivity contribution in [3.05, 3.63) is 28.3 Å². The van der Waals surface area contributed by atoms with Crippen LogP contribution in [0.3, 0.4) is 0 Å². The Morgan fingerprint density at radius 2 is 2.24 bits per heavy atom. The van der Waals surface area contributed by atoms with Gasteiger partial charge in [0.2, 0.25) is 10.0 Å². The Bertz CT molecular complexity index is 647. The Balaban J connectivity index is 2.33. The summed E-state index contributed by atoms with van der Waals surface area (Å²) in [5.41, 5.74) is 5.17. The first kappa shape index (κ1) is 15.6. The predicted molar refractivity (Wildman–Crippen MR) is 73.1 cm³/mol. The summed E-state index contributed by atoms with van der Waals surface area (Å²) in [4.78, 5) is 9.81. The third-order valence-electron chi connectivity index (χ3n) is 3.13. The summed E-state index contributed by atoms with van der Waals surface area (Å²) in [5, 5.41) is 19.7. The number of benzene rings is 1. The van der Waals surface area contributed by atoms with Crippen LogP contribution < -0.4 is 5.73 Å². The molecule has 1 aromatic rings. The summed E-state index contributed by atoms with van der Waals surface area (Å²) < 4.78 is 31.3. The van der Waals surface area contributed by atoms with E-state index in [4.69, 9.17) is 15.6 Å². The zero-order valence-electron chi connectivity index (χ0n) is 11.0. The van der Waals surface area contributed by atoms with Crippen LogP contribution in [0.25, 0.3) is 0 Å². The minimum absolute atomic E-state index is 0.00919. The highest BCUT2D eigenvalue weighted by Crippen LogP contribution is 2.27. The number of nitro benzene ring substituents is 1. The largest absolute Gasteiger partial charge is 0.397 e. The van der Waals surface area contributed by atoms with Crippen LogP contribution >= 0.6 is 0 Å². The number of anilines is 1. The maximum Gasteiger partial charge on any atom is 0.271 e. The number of aliphatic hydroxyl groups is 1. The second-order valence-electron chi connectivity index (χ2n) is 4.52. The van der Waals surface area contributed by atoms with Crippen LogP contribution in [0, 0.1) is 10.1 Å².